The number of aromatic nitrogens is 1. The van der Waals surface area contributed by atoms with E-state index in [9.17, 15) is 13.2 Å². The number of rotatable bonds is 6. The molecule has 23 heavy (non-hydrogen) atoms. The molecule has 2 N–H and O–H groups in total. The summed E-state index contributed by atoms with van der Waals surface area (Å²) in [7, 11) is 1.61. The van der Waals surface area contributed by atoms with Crippen molar-refractivity contribution >= 4 is 41.3 Å². The van der Waals surface area contributed by atoms with Crippen LogP contribution in [0, 0.1) is 0 Å². The maximum atomic E-state index is 12.5. The maximum absolute atomic E-state index is 12.5. The lowest BCUT2D eigenvalue weighted by molar-refractivity contribution is -0.140. The minimum absolute atomic E-state index is 0. The van der Waals surface area contributed by atoms with E-state index >= 15 is 0 Å². The Hall–Kier alpha value is -0.620. The van der Waals surface area contributed by atoms with Crippen LogP contribution in [0.1, 0.15) is 31.5 Å². The van der Waals surface area contributed by atoms with Gasteiger partial charge in [0.15, 0.2) is 11.7 Å². The van der Waals surface area contributed by atoms with Crippen molar-refractivity contribution in [3.05, 3.63) is 16.1 Å². The summed E-state index contributed by atoms with van der Waals surface area (Å²) in [5, 5.41) is 7.43. The number of guanidine groups is 1. The van der Waals surface area contributed by atoms with Crippen molar-refractivity contribution in [2.24, 2.45) is 4.99 Å². The molecule has 1 aromatic heterocycles. The van der Waals surface area contributed by atoms with Gasteiger partial charge in [-0.15, -0.1) is 35.3 Å². The highest BCUT2D eigenvalue weighted by Gasteiger charge is 2.33. The van der Waals surface area contributed by atoms with Crippen LogP contribution in [0.15, 0.2) is 10.4 Å². The first-order valence-corrected chi connectivity index (χ1v) is 7.65. The molecule has 1 aromatic rings. The Balaban J connectivity index is 0.00000484. The molecular weight excluding hydrogens is 444 g/mol. The molecule has 0 aliphatic heterocycles. The summed E-state index contributed by atoms with van der Waals surface area (Å²) in [6, 6.07) is 0. The quantitative estimate of drug-likeness (QED) is 0.384. The van der Waals surface area contributed by atoms with Crippen LogP contribution < -0.4 is 10.6 Å². The Labute approximate surface area is 155 Å². The lowest BCUT2D eigenvalue weighted by Crippen LogP contribution is -2.45. The van der Waals surface area contributed by atoms with Gasteiger partial charge in [0, 0.05) is 25.6 Å². The highest BCUT2D eigenvalue weighted by atomic mass is 127. The summed E-state index contributed by atoms with van der Waals surface area (Å²) in [5.41, 5.74) is -1.25. The van der Waals surface area contributed by atoms with E-state index in [0.717, 1.165) is 16.7 Å². The van der Waals surface area contributed by atoms with Crippen LogP contribution in [0.3, 0.4) is 0 Å². The van der Waals surface area contributed by atoms with Gasteiger partial charge in [-0.3, -0.25) is 0 Å². The Morgan fingerprint density at radius 1 is 1.35 bits per heavy atom. The van der Waals surface area contributed by atoms with Gasteiger partial charge in [0.1, 0.15) is 5.01 Å². The van der Waals surface area contributed by atoms with Gasteiger partial charge in [-0.05, 0) is 20.8 Å². The van der Waals surface area contributed by atoms with Crippen LogP contribution in [0.25, 0.3) is 0 Å². The van der Waals surface area contributed by atoms with Crippen molar-refractivity contribution in [1.82, 2.24) is 15.6 Å². The number of hydrogen-bond donors (Lipinski definition) is 2. The van der Waals surface area contributed by atoms with Crippen LogP contribution in [0.2, 0.25) is 0 Å². The number of methoxy groups -OCH3 is 1. The molecule has 0 saturated heterocycles. The zero-order chi connectivity index (χ0) is 16.8. The van der Waals surface area contributed by atoms with E-state index in [2.05, 4.69) is 20.6 Å². The van der Waals surface area contributed by atoms with E-state index in [1.807, 2.05) is 20.8 Å². The normalized spacial score (nSPS) is 12.7. The van der Waals surface area contributed by atoms with Crippen LogP contribution >= 0.6 is 35.3 Å². The smallest absolute Gasteiger partial charge is 0.377 e. The fraction of sp³-hybridized carbons (Fsp3) is 0.692. The predicted octanol–water partition coefficient (Wildman–Crippen LogP) is 3.26. The van der Waals surface area contributed by atoms with Crippen LogP contribution in [-0.4, -0.2) is 36.7 Å². The number of thiazole rings is 1. The Bertz CT molecular complexity index is 506. The first kappa shape index (κ1) is 22.4. The topological polar surface area (TPSA) is 58.5 Å². The van der Waals surface area contributed by atoms with Gasteiger partial charge in [0.25, 0.3) is 0 Å². The van der Waals surface area contributed by atoms with E-state index in [1.54, 1.807) is 7.11 Å². The van der Waals surface area contributed by atoms with E-state index < -0.39 is 11.9 Å². The van der Waals surface area contributed by atoms with Crippen molar-refractivity contribution in [1.29, 1.82) is 0 Å². The summed E-state index contributed by atoms with van der Waals surface area (Å²) >= 11 is 0.946. The first-order valence-electron chi connectivity index (χ1n) is 6.77. The zero-order valence-electron chi connectivity index (χ0n) is 13.5. The van der Waals surface area contributed by atoms with Gasteiger partial charge in [0.05, 0.1) is 12.1 Å². The number of aliphatic imine (C=N–C) groups is 1. The van der Waals surface area contributed by atoms with E-state index in [1.165, 1.54) is 0 Å². The summed E-state index contributed by atoms with van der Waals surface area (Å²) in [6.45, 7) is 6.99. The molecule has 0 aromatic carbocycles. The number of nitrogens with zero attached hydrogens (tertiary/aromatic N) is 2. The van der Waals surface area contributed by atoms with Crippen molar-refractivity contribution in [2.75, 3.05) is 20.2 Å². The third-order valence-electron chi connectivity index (χ3n) is 2.79. The molecule has 0 amide bonds. The van der Waals surface area contributed by atoms with E-state index in [0.29, 0.717) is 24.1 Å². The average molecular weight is 466 g/mol. The van der Waals surface area contributed by atoms with Gasteiger partial charge in [-0.1, -0.05) is 0 Å². The number of halogens is 4. The Kier molecular flexibility index (Phi) is 9.36. The molecular formula is C13H22F3IN4OS. The highest BCUT2D eigenvalue weighted by molar-refractivity contribution is 14.0. The molecule has 0 radical (unpaired) electrons. The number of alkyl halides is 3. The standard InChI is InChI=1S/C13H21F3N4OS.HI/c1-5-17-11(19-8-12(2,3)21-4)18-6-10-20-9(7-22-10)13(14,15)16;/h7H,5-6,8H2,1-4H3,(H2,17,18,19);1H. The predicted molar refractivity (Wildman–Crippen MR) is 96.4 cm³/mol. The molecule has 0 atom stereocenters. The second-order valence-corrected chi connectivity index (χ2v) is 6.08. The van der Waals surface area contributed by atoms with Crippen molar-refractivity contribution in [3.8, 4) is 0 Å². The third kappa shape index (κ3) is 8.15. The van der Waals surface area contributed by atoms with Gasteiger partial charge in [-0.2, -0.15) is 13.2 Å². The summed E-state index contributed by atoms with van der Waals surface area (Å²) < 4.78 is 42.7. The van der Waals surface area contributed by atoms with Gasteiger partial charge in [0.2, 0.25) is 0 Å². The van der Waals surface area contributed by atoms with Crippen LogP contribution in [-0.2, 0) is 17.5 Å². The van der Waals surface area contributed by atoms with Crippen molar-refractivity contribution in [3.63, 3.8) is 0 Å². The Morgan fingerprint density at radius 2 is 2.00 bits per heavy atom. The largest absolute Gasteiger partial charge is 0.434 e. The SMILES string of the molecule is CCNC(=NCc1nc(C(F)(F)F)cs1)NCC(C)(C)OC.I. The molecule has 1 rings (SSSR count). The lowest BCUT2D eigenvalue weighted by atomic mass is 10.1. The second-order valence-electron chi connectivity index (χ2n) is 5.14. The summed E-state index contributed by atoms with van der Waals surface area (Å²) in [5.74, 6) is 0.511. The molecule has 0 spiro atoms. The molecule has 5 nitrogen and oxygen atoms in total. The minimum atomic E-state index is -4.41. The number of hydrogen-bond acceptors (Lipinski definition) is 4. The van der Waals surface area contributed by atoms with Crippen molar-refractivity contribution in [2.45, 2.75) is 39.1 Å². The lowest BCUT2D eigenvalue weighted by Gasteiger charge is -2.24. The monoisotopic (exact) mass is 466 g/mol. The fourth-order valence-electron chi connectivity index (χ4n) is 1.37. The average Bonchev–Trinajstić information content (AvgIpc) is 2.91. The number of nitrogens with one attached hydrogen (secondary N) is 2. The molecule has 0 aliphatic carbocycles. The molecule has 0 fully saturated rings. The highest BCUT2D eigenvalue weighted by Crippen LogP contribution is 2.30. The number of ether oxygens (including phenoxy) is 1. The molecule has 10 heteroatoms. The minimum Gasteiger partial charge on any atom is -0.377 e. The third-order valence-corrected chi connectivity index (χ3v) is 3.63. The molecule has 0 aliphatic rings. The van der Waals surface area contributed by atoms with Gasteiger partial charge < -0.3 is 15.4 Å². The molecule has 0 unspecified atom stereocenters. The van der Waals surface area contributed by atoms with E-state index in [4.69, 9.17) is 4.74 Å². The van der Waals surface area contributed by atoms with Gasteiger partial charge >= 0.3 is 6.18 Å². The summed E-state index contributed by atoms with van der Waals surface area (Å²) in [4.78, 5) is 7.78. The molecule has 1 heterocycles. The first-order chi connectivity index (χ1) is 10.2. The van der Waals surface area contributed by atoms with Gasteiger partial charge in [-0.25, -0.2) is 9.98 Å². The van der Waals surface area contributed by atoms with Crippen LogP contribution in [0.5, 0.6) is 0 Å². The molecule has 134 valence electrons. The maximum Gasteiger partial charge on any atom is 0.434 e. The molecule has 0 bridgehead atoms. The second kappa shape index (κ2) is 9.62. The van der Waals surface area contributed by atoms with Crippen molar-refractivity contribution < 1.29 is 17.9 Å². The van der Waals surface area contributed by atoms with Crippen LogP contribution in [0.4, 0.5) is 13.2 Å². The zero-order valence-corrected chi connectivity index (χ0v) is 16.6. The molecule has 0 saturated carbocycles. The summed E-state index contributed by atoms with van der Waals surface area (Å²) in [6.07, 6.45) is -4.41. The fourth-order valence-corrected chi connectivity index (χ4v) is 2.10. The Morgan fingerprint density at radius 3 is 2.48 bits per heavy atom. The van der Waals surface area contributed by atoms with E-state index in [-0.39, 0.29) is 36.1 Å².